The highest BCUT2D eigenvalue weighted by molar-refractivity contribution is 7.07. The molecular formula is C15H19N3O2S. The van der Waals surface area contributed by atoms with Crippen molar-refractivity contribution in [2.24, 2.45) is 5.84 Å². The van der Waals surface area contributed by atoms with E-state index in [0.717, 1.165) is 18.8 Å². The van der Waals surface area contributed by atoms with E-state index in [1.54, 1.807) is 35.6 Å². The Morgan fingerprint density at radius 3 is 2.71 bits per heavy atom. The van der Waals surface area contributed by atoms with Gasteiger partial charge >= 0.3 is 0 Å². The van der Waals surface area contributed by atoms with Crippen molar-refractivity contribution in [2.75, 3.05) is 20.2 Å². The fourth-order valence-electron chi connectivity index (χ4n) is 1.88. The summed E-state index contributed by atoms with van der Waals surface area (Å²) in [4.78, 5) is 13.5. The summed E-state index contributed by atoms with van der Waals surface area (Å²) in [7, 11) is 2.07. The topological polar surface area (TPSA) is 67.6 Å². The third kappa shape index (κ3) is 4.86. The van der Waals surface area contributed by atoms with Gasteiger partial charge in [-0.3, -0.25) is 15.1 Å². The first-order chi connectivity index (χ1) is 10.2. The highest BCUT2D eigenvalue weighted by Gasteiger charge is 2.04. The summed E-state index contributed by atoms with van der Waals surface area (Å²) < 4.78 is 5.66. The Morgan fingerprint density at radius 2 is 2.10 bits per heavy atom. The maximum absolute atomic E-state index is 11.3. The average Bonchev–Trinajstić information content (AvgIpc) is 3.00. The molecule has 0 saturated heterocycles. The number of hydrazine groups is 1. The van der Waals surface area contributed by atoms with E-state index in [9.17, 15) is 4.79 Å². The summed E-state index contributed by atoms with van der Waals surface area (Å²) in [5.41, 5.74) is 3.93. The van der Waals surface area contributed by atoms with Gasteiger partial charge in [0.1, 0.15) is 12.4 Å². The molecule has 0 atom stereocenters. The van der Waals surface area contributed by atoms with E-state index < -0.39 is 0 Å². The van der Waals surface area contributed by atoms with Crippen molar-refractivity contribution in [2.45, 2.75) is 6.54 Å². The van der Waals surface area contributed by atoms with Crippen LogP contribution in [0.2, 0.25) is 0 Å². The van der Waals surface area contributed by atoms with Gasteiger partial charge in [0.25, 0.3) is 5.91 Å². The molecule has 2 rings (SSSR count). The van der Waals surface area contributed by atoms with E-state index in [4.69, 9.17) is 10.6 Å². The lowest BCUT2D eigenvalue weighted by molar-refractivity contribution is 0.0953. The Bertz CT molecular complexity index is 555. The van der Waals surface area contributed by atoms with E-state index >= 15 is 0 Å². The number of nitrogen functional groups attached to an aromatic ring is 1. The van der Waals surface area contributed by atoms with Crippen molar-refractivity contribution in [3.8, 4) is 5.75 Å². The van der Waals surface area contributed by atoms with Crippen LogP contribution in [0.4, 0.5) is 0 Å². The number of hydrogen-bond donors (Lipinski definition) is 2. The average molecular weight is 305 g/mol. The summed E-state index contributed by atoms with van der Waals surface area (Å²) in [6.45, 7) is 2.35. The Morgan fingerprint density at radius 1 is 1.33 bits per heavy atom. The second kappa shape index (κ2) is 7.78. The second-order valence-corrected chi connectivity index (χ2v) is 5.50. The van der Waals surface area contributed by atoms with Crippen LogP contribution in [0.1, 0.15) is 15.9 Å². The van der Waals surface area contributed by atoms with Gasteiger partial charge in [-0.1, -0.05) is 0 Å². The normalized spacial score (nSPS) is 10.6. The van der Waals surface area contributed by atoms with E-state index in [2.05, 4.69) is 34.2 Å². The highest BCUT2D eigenvalue weighted by atomic mass is 32.1. The first kappa shape index (κ1) is 15.5. The van der Waals surface area contributed by atoms with Crippen LogP contribution in [0.25, 0.3) is 0 Å². The Labute approximate surface area is 128 Å². The van der Waals surface area contributed by atoms with Gasteiger partial charge in [0, 0.05) is 18.7 Å². The lowest BCUT2D eigenvalue weighted by Gasteiger charge is -2.16. The van der Waals surface area contributed by atoms with Crippen LogP contribution < -0.4 is 16.0 Å². The molecule has 112 valence electrons. The molecule has 21 heavy (non-hydrogen) atoms. The van der Waals surface area contributed by atoms with E-state index in [1.165, 1.54) is 5.56 Å². The molecule has 0 aliphatic rings. The molecular weight excluding hydrogens is 286 g/mol. The van der Waals surface area contributed by atoms with Crippen molar-refractivity contribution >= 4 is 17.2 Å². The van der Waals surface area contributed by atoms with Crippen LogP contribution >= 0.6 is 11.3 Å². The number of benzene rings is 1. The minimum Gasteiger partial charge on any atom is -0.492 e. The number of ether oxygens (including phenoxy) is 1. The smallest absolute Gasteiger partial charge is 0.265 e. The Kier molecular flexibility index (Phi) is 5.74. The number of carbonyl (C=O) groups is 1. The first-order valence-electron chi connectivity index (χ1n) is 6.62. The van der Waals surface area contributed by atoms with Gasteiger partial charge in [-0.05, 0) is 53.7 Å². The lowest BCUT2D eigenvalue weighted by atomic mass is 10.2. The minimum absolute atomic E-state index is 0.308. The molecule has 6 heteroatoms. The van der Waals surface area contributed by atoms with Gasteiger partial charge in [-0.25, -0.2) is 5.84 Å². The zero-order valence-electron chi connectivity index (χ0n) is 11.9. The van der Waals surface area contributed by atoms with Gasteiger partial charge in [0.15, 0.2) is 0 Å². The summed E-state index contributed by atoms with van der Waals surface area (Å²) in [6, 6.07) is 9.04. The number of rotatable bonds is 7. The maximum Gasteiger partial charge on any atom is 0.265 e. The van der Waals surface area contributed by atoms with E-state index in [-0.39, 0.29) is 5.91 Å². The van der Waals surface area contributed by atoms with Gasteiger partial charge in [-0.15, -0.1) is 0 Å². The lowest BCUT2D eigenvalue weighted by Crippen LogP contribution is -2.29. The second-order valence-electron chi connectivity index (χ2n) is 4.72. The first-order valence-corrected chi connectivity index (χ1v) is 7.57. The van der Waals surface area contributed by atoms with Gasteiger partial charge in [0.05, 0.1) is 0 Å². The highest BCUT2D eigenvalue weighted by Crippen LogP contribution is 2.12. The van der Waals surface area contributed by atoms with Crippen LogP contribution in [-0.2, 0) is 6.54 Å². The molecule has 0 aliphatic heterocycles. The minimum atomic E-state index is -0.308. The van der Waals surface area contributed by atoms with Crippen molar-refractivity contribution in [3.05, 3.63) is 52.2 Å². The number of carbonyl (C=O) groups excluding carboxylic acids is 1. The van der Waals surface area contributed by atoms with E-state index in [1.807, 2.05) is 0 Å². The van der Waals surface area contributed by atoms with Gasteiger partial charge < -0.3 is 4.74 Å². The third-order valence-electron chi connectivity index (χ3n) is 3.02. The number of likely N-dealkylation sites (N-methyl/N-ethyl adjacent to an activating group) is 1. The molecule has 0 aliphatic carbocycles. The molecule has 0 fully saturated rings. The van der Waals surface area contributed by atoms with Crippen LogP contribution in [-0.4, -0.2) is 31.0 Å². The number of thiophene rings is 1. The summed E-state index contributed by atoms with van der Waals surface area (Å²) in [5.74, 6) is 5.51. The molecule has 1 heterocycles. The van der Waals surface area contributed by atoms with Crippen LogP contribution in [0, 0.1) is 0 Å². The van der Waals surface area contributed by atoms with Gasteiger partial charge in [0.2, 0.25) is 0 Å². The third-order valence-corrected chi connectivity index (χ3v) is 3.75. The standard InChI is InChI=1S/C15H19N3O2S/c1-18(10-12-6-9-21-11-12)7-8-20-14-4-2-13(3-5-14)15(19)17-16/h2-6,9,11H,7-8,10,16H2,1H3,(H,17,19). The quantitative estimate of drug-likeness (QED) is 0.465. The molecule has 0 unspecified atom stereocenters. The number of nitrogens with one attached hydrogen (secondary N) is 1. The van der Waals surface area contributed by atoms with Crippen LogP contribution in [0.3, 0.4) is 0 Å². The molecule has 1 aromatic heterocycles. The SMILES string of the molecule is CN(CCOc1ccc(C(=O)NN)cc1)Cc1ccsc1. The number of nitrogens with zero attached hydrogens (tertiary/aromatic N) is 1. The fraction of sp³-hybridized carbons (Fsp3) is 0.267. The molecule has 0 spiro atoms. The zero-order chi connectivity index (χ0) is 15.1. The molecule has 0 bridgehead atoms. The predicted octanol–water partition coefficient (Wildman–Crippen LogP) is 1.86. The van der Waals surface area contributed by atoms with Crippen molar-refractivity contribution in [1.29, 1.82) is 0 Å². The van der Waals surface area contributed by atoms with E-state index in [0.29, 0.717) is 12.2 Å². The monoisotopic (exact) mass is 305 g/mol. The summed E-state index contributed by atoms with van der Waals surface area (Å²) >= 11 is 1.71. The Hall–Kier alpha value is -1.89. The number of hydrogen-bond acceptors (Lipinski definition) is 5. The fourth-order valence-corrected chi connectivity index (χ4v) is 2.54. The number of amides is 1. The zero-order valence-corrected chi connectivity index (χ0v) is 12.7. The molecule has 0 saturated carbocycles. The maximum atomic E-state index is 11.3. The molecule has 1 amide bonds. The number of nitrogens with two attached hydrogens (primary N) is 1. The van der Waals surface area contributed by atoms with Crippen LogP contribution in [0.5, 0.6) is 5.75 Å². The summed E-state index contributed by atoms with van der Waals surface area (Å²) in [6.07, 6.45) is 0. The molecule has 1 aromatic carbocycles. The molecule has 3 N–H and O–H groups in total. The van der Waals surface area contributed by atoms with Gasteiger partial charge in [-0.2, -0.15) is 11.3 Å². The summed E-state index contributed by atoms with van der Waals surface area (Å²) in [5, 5.41) is 4.23. The molecule has 5 nitrogen and oxygen atoms in total. The Balaban J connectivity index is 1.74. The molecule has 0 radical (unpaired) electrons. The van der Waals surface area contributed by atoms with Crippen molar-refractivity contribution in [3.63, 3.8) is 0 Å². The molecule has 2 aromatic rings. The largest absolute Gasteiger partial charge is 0.492 e. The van der Waals surface area contributed by atoms with Crippen molar-refractivity contribution < 1.29 is 9.53 Å². The predicted molar refractivity (Wildman–Crippen MR) is 84.2 cm³/mol. The van der Waals surface area contributed by atoms with Crippen molar-refractivity contribution in [1.82, 2.24) is 10.3 Å². The van der Waals surface area contributed by atoms with Crippen LogP contribution in [0.15, 0.2) is 41.1 Å².